The summed E-state index contributed by atoms with van der Waals surface area (Å²) in [5.74, 6) is -0.718. The summed E-state index contributed by atoms with van der Waals surface area (Å²) in [6.07, 6.45) is 5.96. The van der Waals surface area contributed by atoms with Crippen LogP contribution in [0, 0.1) is 0 Å². The molecule has 23 heavy (non-hydrogen) atoms. The van der Waals surface area contributed by atoms with Crippen molar-refractivity contribution in [1.29, 1.82) is 0 Å². The van der Waals surface area contributed by atoms with Crippen molar-refractivity contribution in [3.8, 4) is 5.75 Å². The van der Waals surface area contributed by atoms with Gasteiger partial charge in [-0.3, -0.25) is 4.79 Å². The highest BCUT2D eigenvalue weighted by atomic mass is 16.5. The molecule has 0 radical (unpaired) electrons. The zero-order valence-electron chi connectivity index (χ0n) is 13.7. The van der Waals surface area contributed by atoms with Gasteiger partial charge in [-0.2, -0.15) is 0 Å². The fourth-order valence-corrected chi connectivity index (χ4v) is 2.01. The molecular weight excluding hydrogens is 294 g/mol. The number of carboxylic acids is 1. The molecule has 0 saturated carbocycles. The molecule has 1 aromatic carbocycles. The van der Waals surface area contributed by atoms with Crippen LogP contribution in [0.5, 0.6) is 5.75 Å². The third-order valence-corrected chi connectivity index (χ3v) is 3.26. The number of carbonyl (C=O) groups excluding carboxylic acids is 1. The zero-order valence-corrected chi connectivity index (χ0v) is 13.7. The molecule has 0 saturated heterocycles. The van der Waals surface area contributed by atoms with Crippen molar-refractivity contribution < 1.29 is 19.4 Å². The average molecular weight is 319 g/mol. The maximum Gasteiger partial charge on any atom is 0.326 e. The van der Waals surface area contributed by atoms with Crippen LogP contribution in [0.3, 0.4) is 0 Å². The van der Waals surface area contributed by atoms with Gasteiger partial charge >= 0.3 is 5.97 Å². The Balaban J connectivity index is 2.68. The number of carboxylic acid groups (broad SMARTS) is 1. The van der Waals surface area contributed by atoms with E-state index in [0.29, 0.717) is 18.8 Å². The number of rotatable bonds is 10. The van der Waals surface area contributed by atoms with Crippen molar-refractivity contribution in [2.24, 2.45) is 0 Å². The first kappa shape index (κ1) is 18.7. The number of hydrogen-bond donors (Lipinski definition) is 2. The summed E-state index contributed by atoms with van der Waals surface area (Å²) in [7, 11) is 0. The fraction of sp³-hybridized carbons (Fsp3) is 0.444. The van der Waals surface area contributed by atoms with E-state index < -0.39 is 17.9 Å². The van der Waals surface area contributed by atoms with Gasteiger partial charge in [0.25, 0.3) is 0 Å². The van der Waals surface area contributed by atoms with Crippen molar-refractivity contribution in [2.45, 2.75) is 45.6 Å². The zero-order chi connectivity index (χ0) is 17.1. The summed E-state index contributed by atoms with van der Waals surface area (Å²) in [6, 6.07) is 6.57. The molecule has 0 aliphatic rings. The van der Waals surface area contributed by atoms with Crippen LogP contribution in [0.15, 0.2) is 30.3 Å². The molecule has 0 fully saturated rings. The highest BCUT2D eigenvalue weighted by Gasteiger charge is 2.17. The third-order valence-electron chi connectivity index (χ3n) is 3.26. The molecule has 5 nitrogen and oxygen atoms in total. The van der Waals surface area contributed by atoms with Gasteiger partial charge < -0.3 is 15.2 Å². The minimum atomic E-state index is -1.01. The lowest BCUT2D eigenvalue weighted by Crippen LogP contribution is -2.39. The Bertz CT molecular complexity index is 540. The van der Waals surface area contributed by atoms with Crippen LogP contribution >= 0.6 is 0 Å². The Morgan fingerprint density at radius 2 is 2.00 bits per heavy atom. The van der Waals surface area contributed by atoms with E-state index in [0.717, 1.165) is 24.8 Å². The molecule has 0 heterocycles. The van der Waals surface area contributed by atoms with E-state index in [1.165, 1.54) is 6.08 Å². The van der Waals surface area contributed by atoms with Crippen LogP contribution < -0.4 is 10.1 Å². The first-order valence-electron chi connectivity index (χ1n) is 8.01. The Labute approximate surface area is 137 Å². The van der Waals surface area contributed by atoms with Crippen molar-refractivity contribution in [1.82, 2.24) is 5.32 Å². The summed E-state index contributed by atoms with van der Waals surface area (Å²) in [6.45, 7) is 4.61. The summed E-state index contributed by atoms with van der Waals surface area (Å²) in [5, 5.41) is 11.6. The fourth-order valence-electron chi connectivity index (χ4n) is 2.01. The molecule has 0 aliphatic heterocycles. The van der Waals surface area contributed by atoms with Gasteiger partial charge in [-0.25, -0.2) is 4.79 Å². The molecule has 126 valence electrons. The second kappa shape index (κ2) is 10.4. The van der Waals surface area contributed by atoms with Crippen molar-refractivity contribution in [3.05, 3.63) is 35.9 Å². The molecule has 1 rings (SSSR count). The van der Waals surface area contributed by atoms with Crippen LogP contribution in [0.4, 0.5) is 0 Å². The lowest BCUT2D eigenvalue weighted by molar-refractivity contribution is -0.141. The van der Waals surface area contributed by atoms with E-state index in [1.54, 1.807) is 6.08 Å². The topological polar surface area (TPSA) is 75.6 Å². The highest BCUT2D eigenvalue weighted by Crippen LogP contribution is 2.19. The van der Waals surface area contributed by atoms with E-state index in [9.17, 15) is 9.59 Å². The van der Waals surface area contributed by atoms with Crippen molar-refractivity contribution in [3.63, 3.8) is 0 Å². The predicted molar refractivity (Wildman–Crippen MR) is 90.4 cm³/mol. The number of amides is 1. The number of nitrogens with one attached hydrogen (secondary N) is 1. The minimum absolute atomic E-state index is 0.418. The van der Waals surface area contributed by atoms with Gasteiger partial charge in [-0.1, -0.05) is 44.9 Å². The molecule has 1 atom stereocenters. The Kier molecular flexibility index (Phi) is 8.50. The average Bonchev–Trinajstić information content (AvgIpc) is 2.55. The molecule has 5 heteroatoms. The van der Waals surface area contributed by atoms with Gasteiger partial charge in [-0.15, -0.1) is 0 Å². The molecule has 0 aromatic heterocycles. The molecular formula is C18H25NO4. The normalized spacial score (nSPS) is 12.1. The molecule has 1 amide bonds. The second-order valence-corrected chi connectivity index (χ2v) is 5.26. The van der Waals surface area contributed by atoms with E-state index in [-0.39, 0.29) is 0 Å². The summed E-state index contributed by atoms with van der Waals surface area (Å²) < 4.78 is 5.61. The number of carbonyl (C=O) groups is 2. The van der Waals surface area contributed by atoms with Gasteiger partial charge in [0.15, 0.2) is 0 Å². The number of para-hydroxylation sites is 1. The van der Waals surface area contributed by atoms with Gasteiger partial charge in [0.05, 0.1) is 6.61 Å². The molecule has 0 aliphatic carbocycles. The molecule has 0 bridgehead atoms. The lowest BCUT2D eigenvalue weighted by atomic mass is 10.1. The Morgan fingerprint density at radius 1 is 1.26 bits per heavy atom. The molecule has 1 unspecified atom stereocenters. The Hall–Kier alpha value is -2.30. The minimum Gasteiger partial charge on any atom is -0.493 e. The highest BCUT2D eigenvalue weighted by molar-refractivity contribution is 5.94. The Morgan fingerprint density at radius 3 is 2.65 bits per heavy atom. The SMILES string of the molecule is CCCCC(NC(=O)/C=C/c1ccccc1OCCC)C(=O)O. The maximum atomic E-state index is 11.9. The van der Waals surface area contributed by atoms with Gasteiger partial charge in [0.2, 0.25) is 5.91 Å². The maximum absolute atomic E-state index is 11.9. The van der Waals surface area contributed by atoms with Gasteiger partial charge in [0.1, 0.15) is 11.8 Å². The van der Waals surface area contributed by atoms with E-state index in [1.807, 2.05) is 38.1 Å². The van der Waals surface area contributed by atoms with E-state index in [4.69, 9.17) is 9.84 Å². The summed E-state index contributed by atoms with van der Waals surface area (Å²) in [4.78, 5) is 23.0. The van der Waals surface area contributed by atoms with Crippen molar-refractivity contribution in [2.75, 3.05) is 6.61 Å². The van der Waals surface area contributed by atoms with Crippen LogP contribution in [0.2, 0.25) is 0 Å². The predicted octanol–water partition coefficient (Wildman–Crippen LogP) is 3.25. The molecule has 2 N–H and O–H groups in total. The largest absolute Gasteiger partial charge is 0.493 e. The first-order chi connectivity index (χ1) is 11.1. The molecule has 1 aromatic rings. The quantitative estimate of drug-likeness (QED) is 0.649. The third kappa shape index (κ3) is 7.00. The number of unbranched alkanes of at least 4 members (excludes halogenated alkanes) is 1. The standard InChI is InChI=1S/C18H25NO4/c1-3-5-9-15(18(21)22)19-17(20)12-11-14-8-6-7-10-16(14)23-13-4-2/h6-8,10-12,15H,3-5,9,13H2,1-2H3,(H,19,20)(H,21,22)/b12-11+. The van der Waals surface area contributed by atoms with Gasteiger partial charge in [-0.05, 0) is 25.0 Å². The van der Waals surface area contributed by atoms with Crippen LogP contribution in [0.25, 0.3) is 6.08 Å². The molecule has 0 spiro atoms. The van der Waals surface area contributed by atoms with Crippen LogP contribution in [-0.4, -0.2) is 29.6 Å². The van der Waals surface area contributed by atoms with Gasteiger partial charge in [0, 0.05) is 11.6 Å². The lowest BCUT2D eigenvalue weighted by Gasteiger charge is -2.12. The first-order valence-corrected chi connectivity index (χ1v) is 8.01. The van der Waals surface area contributed by atoms with Crippen LogP contribution in [0.1, 0.15) is 45.1 Å². The van der Waals surface area contributed by atoms with E-state index in [2.05, 4.69) is 5.32 Å². The number of aliphatic carboxylic acids is 1. The monoisotopic (exact) mass is 319 g/mol. The smallest absolute Gasteiger partial charge is 0.326 e. The summed E-state index contributed by atoms with van der Waals surface area (Å²) in [5.41, 5.74) is 0.788. The summed E-state index contributed by atoms with van der Waals surface area (Å²) >= 11 is 0. The van der Waals surface area contributed by atoms with E-state index >= 15 is 0 Å². The second-order valence-electron chi connectivity index (χ2n) is 5.26. The number of ether oxygens (including phenoxy) is 1. The van der Waals surface area contributed by atoms with Crippen LogP contribution in [-0.2, 0) is 9.59 Å². The number of benzene rings is 1. The number of hydrogen-bond acceptors (Lipinski definition) is 3. The van der Waals surface area contributed by atoms with Crippen molar-refractivity contribution >= 4 is 18.0 Å².